The number of likely N-dealkylation sites (tertiary alicyclic amines) is 1. The lowest BCUT2D eigenvalue weighted by Gasteiger charge is -2.15. The Morgan fingerprint density at radius 3 is 2.32 bits per heavy atom. The molecule has 7 nitrogen and oxygen atoms in total. The highest BCUT2D eigenvalue weighted by Gasteiger charge is 2.32. The van der Waals surface area contributed by atoms with Crippen LogP contribution in [0.3, 0.4) is 0 Å². The molecule has 0 saturated carbocycles. The van der Waals surface area contributed by atoms with Gasteiger partial charge in [0.05, 0.1) is 11.4 Å². The molecule has 0 radical (unpaired) electrons. The van der Waals surface area contributed by atoms with Crippen molar-refractivity contribution in [3.05, 3.63) is 22.3 Å². The van der Waals surface area contributed by atoms with Crippen LogP contribution in [0.5, 0.6) is 0 Å². The smallest absolute Gasteiger partial charge is 0.265 e. The molecule has 2 saturated heterocycles. The Bertz CT molecular complexity index is 1010. The van der Waals surface area contributed by atoms with Gasteiger partial charge in [0, 0.05) is 38.9 Å². The standard InChI is InChI=1S/C19H26N4O3S2/c1-13-17(19(24)22-8-4-5-9-22)27-18(20-13)15-12-16(14(2)21(15)3)28(25,26)23-10-6-7-11-23/h12H,4-11H2,1-3H3. The van der Waals surface area contributed by atoms with Crippen molar-refractivity contribution >= 4 is 27.3 Å². The maximum atomic E-state index is 13.0. The second kappa shape index (κ2) is 7.27. The van der Waals surface area contributed by atoms with Gasteiger partial charge in [-0.1, -0.05) is 0 Å². The molecule has 2 fully saturated rings. The number of aryl methyl sites for hydroxylation is 1. The SMILES string of the molecule is Cc1nc(-c2cc(S(=O)(=O)N3CCCC3)c(C)n2C)sc1C(=O)N1CCCC1. The Labute approximate surface area is 170 Å². The van der Waals surface area contributed by atoms with Crippen LogP contribution < -0.4 is 0 Å². The number of aromatic nitrogens is 2. The van der Waals surface area contributed by atoms with Crippen LogP contribution >= 0.6 is 11.3 Å². The first-order chi connectivity index (χ1) is 13.3. The fourth-order valence-electron chi connectivity index (χ4n) is 3.97. The molecule has 2 aliphatic rings. The fraction of sp³-hybridized carbons (Fsp3) is 0.579. The largest absolute Gasteiger partial charge is 0.345 e. The summed E-state index contributed by atoms with van der Waals surface area (Å²) in [7, 11) is -1.64. The van der Waals surface area contributed by atoms with E-state index in [1.165, 1.54) is 11.3 Å². The van der Waals surface area contributed by atoms with Gasteiger partial charge in [0.1, 0.15) is 14.8 Å². The minimum absolute atomic E-state index is 0.0367. The third-order valence-electron chi connectivity index (χ3n) is 5.77. The summed E-state index contributed by atoms with van der Waals surface area (Å²) in [6.45, 7) is 6.43. The number of amides is 1. The molecule has 152 valence electrons. The number of hydrogen-bond donors (Lipinski definition) is 0. The number of carbonyl (C=O) groups excluding carboxylic acids is 1. The van der Waals surface area contributed by atoms with Crippen LogP contribution in [0.2, 0.25) is 0 Å². The van der Waals surface area contributed by atoms with Gasteiger partial charge in [-0.2, -0.15) is 4.31 Å². The molecule has 0 N–H and O–H groups in total. The number of hydrogen-bond acceptors (Lipinski definition) is 5. The van der Waals surface area contributed by atoms with Crippen LogP contribution in [0.1, 0.15) is 46.7 Å². The van der Waals surface area contributed by atoms with Crippen molar-refractivity contribution in [3.8, 4) is 10.7 Å². The van der Waals surface area contributed by atoms with Gasteiger partial charge in [0.25, 0.3) is 5.91 Å². The minimum atomic E-state index is -3.50. The van der Waals surface area contributed by atoms with Gasteiger partial charge in [-0.3, -0.25) is 4.79 Å². The summed E-state index contributed by atoms with van der Waals surface area (Å²) in [4.78, 5) is 20.3. The summed E-state index contributed by atoms with van der Waals surface area (Å²) in [6.07, 6.45) is 3.91. The summed E-state index contributed by atoms with van der Waals surface area (Å²) in [5, 5.41) is 0.688. The molecule has 0 atom stereocenters. The van der Waals surface area contributed by atoms with E-state index >= 15 is 0 Å². The molecule has 4 heterocycles. The lowest BCUT2D eigenvalue weighted by atomic mass is 10.3. The number of carbonyl (C=O) groups is 1. The van der Waals surface area contributed by atoms with Gasteiger partial charge >= 0.3 is 0 Å². The van der Waals surface area contributed by atoms with Crippen LogP contribution in [-0.4, -0.2) is 59.3 Å². The average Bonchev–Trinajstić information content (AvgIpc) is 3.42. The third-order valence-corrected chi connectivity index (χ3v) is 8.96. The van der Waals surface area contributed by atoms with Crippen molar-refractivity contribution in [2.45, 2.75) is 44.4 Å². The van der Waals surface area contributed by atoms with Gasteiger partial charge in [-0.25, -0.2) is 13.4 Å². The summed E-state index contributed by atoms with van der Waals surface area (Å²) in [6, 6.07) is 1.71. The van der Waals surface area contributed by atoms with E-state index in [1.54, 1.807) is 10.4 Å². The highest BCUT2D eigenvalue weighted by Crippen LogP contribution is 2.34. The predicted octanol–water partition coefficient (Wildman–Crippen LogP) is 2.79. The molecule has 0 aromatic carbocycles. The second-order valence-electron chi connectivity index (χ2n) is 7.58. The normalized spacial score (nSPS) is 18.3. The Kier molecular flexibility index (Phi) is 5.09. The number of nitrogens with zero attached hydrogens (tertiary/aromatic N) is 4. The lowest BCUT2D eigenvalue weighted by molar-refractivity contribution is 0.0796. The molecule has 0 aliphatic carbocycles. The Morgan fingerprint density at radius 2 is 1.68 bits per heavy atom. The Hall–Kier alpha value is -1.71. The number of rotatable bonds is 4. The first-order valence-electron chi connectivity index (χ1n) is 9.74. The molecule has 0 spiro atoms. The quantitative estimate of drug-likeness (QED) is 0.759. The van der Waals surface area contributed by atoms with Gasteiger partial charge in [-0.15, -0.1) is 11.3 Å². The van der Waals surface area contributed by atoms with Crippen molar-refractivity contribution in [1.82, 2.24) is 18.8 Å². The van der Waals surface area contributed by atoms with Gasteiger partial charge < -0.3 is 9.47 Å². The molecule has 0 bridgehead atoms. The van der Waals surface area contributed by atoms with E-state index in [4.69, 9.17) is 0 Å². The Morgan fingerprint density at radius 1 is 1.07 bits per heavy atom. The van der Waals surface area contributed by atoms with Crippen molar-refractivity contribution in [2.75, 3.05) is 26.2 Å². The van der Waals surface area contributed by atoms with Crippen molar-refractivity contribution < 1.29 is 13.2 Å². The molecular weight excluding hydrogens is 396 g/mol. The van der Waals surface area contributed by atoms with E-state index in [2.05, 4.69) is 4.98 Å². The molecule has 2 aromatic rings. The van der Waals surface area contributed by atoms with Gasteiger partial charge in [0.2, 0.25) is 10.0 Å². The lowest BCUT2D eigenvalue weighted by Crippen LogP contribution is -2.28. The summed E-state index contributed by atoms with van der Waals surface area (Å²) in [5.74, 6) is 0.0367. The first-order valence-corrected chi connectivity index (χ1v) is 12.0. The maximum absolute atomic E-state index is 13.0. The van der Waals surface area contributed by atoms with E-state index in [1.807, 2.05) is 30.4 Å². The zero-order chi connectivity index (χ0) is 20.1. The maximum Gasteiger partial charge on any atom is 0.265 e. The van der Waals surface area contributed by atoms with E-state index < -0.39 is 10.0 Å². The summed E-state index contributed by atoms with van der Waals surface area (Å²) < 4.78 is 29.5. The van der Waals surface area contributed by atoms with Crippen LogP contribution in [0.4, 0.5) is 0 Å². The van der Waals surface area contributed by atoms with Crippen LogP contribution in [0, 0.1) is 13.8 Å². The second-order valence-corrected chi connectivity index (χ2v) is 10.5. The van der Waals surface area contributed by atoms with Crippen molar-refractivity contribution in [1.29, 1.82) is 0 Å². The first kappa shape index (κ1) is 19.6. The topological polar surface area (TPSA) is 75.5 Å². The van der Waals surface area contributed by atoms with Crippen LogP contribution in [0.25, 0.3) is 10.7 Å². The summed E-state index contributed by atoms with van der Waals surface area (Å²) >= 11 is 1.36. The molecule has 0 unspecified atom stereocenters. The fourth-order valence-corrected chi connectivity index (χ4v) is 6.85. The van der Waals surface area contributed by atoms with Gasteiger partial charge in [-0.05, 0) is 45.6 Å². The zero-order valence-electron chi connectivity index (χ0n) is 16.6. The molecule has 2 aromatic heterocycles. The monoisotopic (exact) mass is 422 g/mol. The van der Waals surface area contributed by atoms with E-state index in [9.17, 15) is 13.2 Å². The number of thiazole rings is 1. The molecule has 9 heteroatoms. The predicted molar refractivity (Wildman–Crippen MR) is 109 cm³/mol. The van der Waals surface area contributed by atoms with Crippen LogP contribution in [-0.2, 0) is 17.1 Å². The zero-order valence-corrected chi connectivity index (χ0v) is 18.2. The molecule has 28 heavy (non-hydrogen) atoms. The average molecular weight is 423 g/mol. The van der Waals surface area contributed by atoms with Crippen LogP contribution in [0.15, 0.2) is 11.0 Å². The van der Waals surface area contributed by atoms with Crippen molar-refractivity contribution in [2.24, 2.45) is 7.05 Å². The van der Waals surface area contributed by atoms with E-state index in [0.717, 1.165) is 44.5 Å². The van der Waals surface area contributed by atoms with E-state index in [0.29, 0.717) is 39.3 Å². The highest BCUT2D eigenvalue weighted by atomic mass is 32.2. The highest BCUT2D eigenvalue weighted by molar-refractivity contribution is 7.89. The third kappa shape index (κ3) is 3.19. The molecule has 2 aliphatic heterocycles. The Balaban J connectivity index is 1.71. The molecular formula is C19H26N4O3S2. The van der Waals surface area contributed by atoms with Gasteiger partial charge in [0.15, 0.2) is 0 Å². The van der Waals surface area contributed by atoms with Crippen molar-refractivity contribution in [3.63, 3.8) is 0 Å². The molecule has 4 rings (SSSR count). The number of sulfonamides is 1. The molecule has 1 amide bonds. The van der Waals surface area contributed by atoms with E-state index in [-0.39, 0.29) is 5.91 Å². The summed E-state index contributed by atoms with van der Waals surface area (Å²) in [5.41, 5.74) is 2.14. The minimum Gasteiger partial charge on any atom is -0.345 e.